The summed E-state index contributed by atoms with van der Waals surface area (Å²) in [4.78, 5) is 0. The highest BCUT2D eigenvalue weighted by Gasteiger charge is 2.02. The molecule has 0 aliphatic heterocycles. The highest BCUT2D eigenvalue weighted by molar-refractivity contribution is 9.10. The van der Waals surface area contributed by atoms with Crippen molar-refractivity contribution in [1.82, 2.24) is 0 Å². The zero-order chi connectivity index (χ0) is 9.14. The van der Waals surface area contributed by atoms with Crippen LogP contribution in [0.1, 0.15) is 24.1 Å². The van der Waals surface area contributed by atoms with Gasteiger partial charge in [0.25, 0.3) is 0 Å². The first-order valence-corrected chi connectivity index (χ1v) is 4.39. The lowest BCUT2D eigenvalue weighted by Gasteiger charge is -2.05. The molecule has 0 fully saturated rings. The second-order valence-electron chi connectivity index (χ2n) is 2.64. The minimum atomic E-state index is 0.00837. The molecule has 1 aromatic rings. The number of nitrogens with two attached hydrogens (primary N) is 1. The van der Waals surface area contributed by atoms with Gasteiger partial charge in [-0.3, -0.25) is 0 Å². The van der Waals surface area contributed by atoms with Crippen LogP contribution in [0, 0.1) is 11.3 Å². The molecule has 2 N–H and O–H groups in total. The Morgan fingerprint density at radius 1 is 1.58 bits per heavy atom. The SMILES string of the molecule is C[C@H](N)c1ccc(C#N)c(Br)c1. The minimum absolute atomic E-state index is 0.00837. The van der Waals surface area contributed by atoms with Gasteiger partial charge in [0.15, 0.2) is 0 Å². The molecule has 0 aromatic heterocycles. The van der Waals surface area contributed by atoms with Crippen LogP contribution in [0.25, 0.3) is 0 Å². The Labute approximate surface area is 80.1 Å². The zero-order valence-electron chi connectivity index (χ0n) is 6.71. The zero-order valence-corrected chi connectivity index (χ0v) is 8.30. The highest BCUT2D eigenvalue weighted by Crippen LogP contribution is 2.20. The fourth-order valence-electron chi connectivity index (χ4n) is 0.905. The molecular formula is C9H9BrN2. The predicted octanol–water partition coefficient (Wildman–Crippen LogP) is 2.34. The average molecular weight is 225 g/mol. The van der Waals surface area contributed by atoms with Crippen LogP contribution >= 0.6 is 15.9 Å². The second-order valence-corrected chi connectivity index (χ2v) is 3.49. The maximum absolute atomic E-state index is 8.64. The van der Waals surface area contributed by atoms with Gasteiger partial charge in [0, 0.05) is 10.5 Å². The van der Waals surface area contributed by atoms with E-state index in [1.165, 1.54) is 0 Å². The molecule has 0 heterocycles. The van der Waals surface area contributed by atoms with Crippen molar-refractivity contribution in [2.45, 2.75) is 13.0 Å². The molecule has 0 spiro atoms. The number of rotatable bonds is 1. The fourth-order valence-corrected chi connectivity index (χ4v) is 1.39. The third kappa shape index (κ3) is 1.84. The molecule has 0 aliphatic rings. The predicted molar refractivity (Wildman–Crippen MR) is 51.5 cm³/mol. The summed E-state index contributed by atoms with van der Waals surface area (Å²) in [7, 11) is 0. The van der Waals surface area contributed by atoms with E-state index in [9.17, 15) is 0 Å². The van der Waals surface area contributed by atoms with Crippen molar-refractivity contribution in [1.29, 1.82) is 5.26 Å². The number of nitriles is 1. The van der Waals surface area contributed by atoms with E-state index in [4.69, 9.17) is 11.0 Å². The number of halogens is 1. The van der Waals surface area contributed by atoms with E-state index in [-0.39, 0.29) is 6.04 Å². The van der Waals surface area contributed by atoms with E-state index in [0.29, 0.717) is 5.56 Å². The quantitative estimate of drug-likeness (QED) is 0.797. The fraction of sp³-hybridized carbons (Fsp3) is 0.222. The molecule has 1 atom stereocenters. The van der Waals surface area contributed by atoms with Crippen LogP contribution in [0.3, 0.4) is 0 Å². The lowest BCUT2D eigenvalue weighted by Crippen LogP contribution is -2.04. The third-order valence-electron chi connectivity index (χ3n) is 1.64. The normalized spacial score (nSPS) is 12.2. The van der Waals surface area contributed by atoms with E-state index in [1.54, 1.807) is 6.07 Å². The molecule has 1 aromatic carbocycles. The van der Waals surface area contributed by atoms with Crippen molar-refractivity contribution in [3.8, 4) is 6.07 Å². The second kappa shape index (κ2) is 3.70. The molecule has 0 unspecified atom stereocenters. The summed E-state index contributed by atoms with van der Waals surface area (Å²) in [5.41, 5.74) is 7.34. The Balaban J connectivity index is 3.12. The van der Waals surface area contributed by atoms with E-state index in [1.807, 2.05) is 19.1 Å². The van der Waals surface area contributed by atoms with Gasteiger partial charge in [0.1, 0.15) is 6.07 Å². The van der Waals surface area contributed by atoms with Crippen LogP contribution in [-0.2, 0) is 0 Å². The first-order chi connectivity index (χ1) is 5.65. The summed E-state index contributed by atoms with van der Waals surface area (Å²) < 4.78 is 0.805. The van der Waals surface area contributed by atoms with Crippen LogP contribution in [0.5, 0.6) is 0 Å². The van der Waals surface area contributed by atoms with Crippen LogP contribution in [0.4, 0.5) is 0 Å². The first kappa shape index (κ1) is 9.24. The molecule has 2 nitrogen and oxygen atoms in total. The molecule has 0 amide bonds. The van der Waals surface area contributed by atoms with Gasteiger partial charge in [0.05, 0.1) is 5.56 Å². The molecule has 12 heavy (non-hydrogen) atoms. The smallest absolute Gasteiger partial charge is 0.100 e. The standard InChI is InChI=1S/C9H9BrN2/c1-6(12)7-2-3-8(5-11)9(10)4-7/h2-4,6H,12H2,1H3/t6-/m0/s1. The molecule has 3 heteroatoms. The molecule has 0 aliphatic carbocycles. The van der Waals surface area contributed by atoms with Gasteiger partial charge >= 0.3 is 0 Å². The summed E-state index contributed by atoms with van der Waals surface area (Å²) in [6, 6.07) is 7.60. The van der Waals surface area contributed by atoms with Crippen LogP contribution in [-0.4, -0.2) is 0 Å². The topological polar surface area (TPSA) is 49.8 Å². The minimum Gasteiger partial charge on any atom is -0.324 e. The van der Waals surface area contributed by atoms with Gasteiger partial charge in [0.2, 0.25) is 0 Å². The lowest BCUT2D eigenvalue weighted by atomic mass is 10.1. The van der Waals surface area contributed by atoms with Crippen molar-refractivity contribution in [2.24, 2.45) is 5.73 Å². The van der Waals surface area contributed by atoms with Crippen molar-refractivity contribution >= 4 is 15.9 Å². The van der Waals surface area contributed by atoms with Gasteiger partial charge < -0.3 is 5.73 Å². The Morgan fingerprint density at radius 3 is 2.67 bits per heavy atom. The summed E-state index contributed by atoms with van der Waals surface area (Å²) in [5.74, 6) is 0. The monoisotopic (exact) mass is 224 g/mol. The third-order valence-corrected chi connectivity index (χ3v) is 2.30. The maximum atomic E-state index is 8.64. The largest absolute Gasteiger partial charge is 0.324 e. The van der Waals surface area contributed by atoms with Gasteiger partial charge in [-0.25, -0.2) is 0 Å². The molecule has 0 radical (unpaired) electrons. The Morgan fingerprint density at radius 2 is 2.25 bits per heavy atom. The molecule has 1 rings (SSSR count). The molecule has 0 saturated carbocycles. The van der Waals surface area contributed by atoms with Crippen molar-refractivity contribution in [3.63, 3.8) is 0 Å². The summed E-state index contributed by atoms with van der Waals surface area (Å²) in [5, 5.41) is 8.64. The van der Waals surface area contributed by atoms with Crippen molar-refractivity contribution in [2.75, 3.05) is 0 Å². The summed E-state index contributed by atoms with van der Waals surface area (Å²) in [6.07, 6.45) is 0. The van der Waals surface area contributed by atoms with Crippen LogP contribution in [0.15, 0.2) is 22.7 Å². The highest BCUT2D eigenvalue weighted by atomic mass is 79.9. The van der Waals surface area contributed by atoms with E-state index >= 15 is 0 Å². The molecule has 0 bridgehead atoms. The molecule has 62 valence electrons. The van der Waals surface area contributed by atoms with Gasteiger partial charge in [-0.15, -0.1) is 0 Å². The Kier molecular flexibility index (Phi) is 2.85. The Bertz CT molecular complexity index is 326. The lowest BCUT2D eigenvalue weighted by molar-refractivity contribution is 0.817. The Hall–Kier alpha value is -0.850. The van der Waals surface area contributed by atoms with Gasteiger partial charge in [-0.1, -0.05) is 6.07 Å². The summed E-state index contributed by atoms with van der Waals surface area (Å²) >= 11 is 3.30. The number of benzene rings is 1. The molecular weight excluding hydrogens is 216 g/mol. The average Bonchev–Trinajstić information content (AvgIpc) is 2.04. The van der Waals surface area contributed by atoms with Crippen LogP contribution < -0.4 is 5.73 Å². The first-order valence-electron chi connectivity index (χ1n) is 3.60. The molecule has 0 saturated heterocycles. The number of hydrogen-bond acceptors (Lipinski definition) is 2. The van der Waals surface area contributed by atoms with E-state index in [2.05, 4.69) is 22.0 Å². The maximum Gasteiger partial charge on any atom is 0.100 e. The van der Waals surface area contributed by atoms with Gasteiger partial charge in [-0.05, 0) is 40.5 Å². The van der Waals surface area contributed by atoms with Gasteiger partial charge in [-0.2, -0.15) is 5.26 Å². The number of hydrogen-bond donors (Lipinski definition) is 1. The number of nitrogens with zero attached hydrogens (tertiary/aromatic N) is 1. The van der Waals surface area contributed by atoms with Crippen molar-refractivity contribution in [3.05, 3.63) is 33.8 Å². The van der Waals surface area contributed by atoms with Crippen LogP contribution in [0.2, 0.25) is 0 Å². The summed E-state index contributed by atoms with van der Waals surface area (Å²) in [6.45, 7) is 1.91. The van der Waals surface area contributed by atoms with E-state index in [0.717, 1.165) is 10.0 Å². The van der Waals surface area contributed by atoms with Crippen molar-refractivity contribution < 1.29 is 0 Å². The van der Waals surface area contributed by atoms with E-state index < -0.39 is 0 Å².